The lowest BCUT2D eigenvalue weighted by atomic mass is 10.1. The summed E-state index contributed by atoms with van der Waals surface area (Å²) < 4.78 is 24.3. The number of carbonyl (C=O) groups is 2. The molecule has 1 amide bonds. The Balaban J connectivity index is 3.13. The molecule has 4 nitrogen and oxygen atoms in total. The van der Waals surface area contributed by atoms with Crippen LogP contribution in [0.25, 0.3) is 0 Å². The third-order valence-electron chi connectivity index (χ3n) is 2.01. The number of anilines is 1. The number of benzene rings is 1. The lowest BCUT2D eigenvalue weighted by molar-refractivity contribution is -0.128. The highest BCUT2D eigenvalue weighted by atomic mass is 19.3. The molecule has 1 aromatic rings. The minimum atomic E-state index is -3.16. The van der Waals surface area contributed by atoms with E-state index in [4.69, 9.17) is 5.11 Å². The molecule has 6 heteroatoms. The van der Waals surface area contributed by atoms with E-state index in [1.54, 1.807) is 0 Å². The molecular weight excluding hydrogens is 220 g/mol. The Morgan fingerprint density at radius 3 is 2.38 bits per heavy atom. The summed E-state index contributed by atoms with van der Waals surface area (Å²) >= 11 is 0. The van der Waals surface area contributed by atoms with Gasteiger partial charge in [-0.15, -0.1) is 0 Å². The Hall–Kier alpha value is -1.98. The van der Waals surface area contributed by atoms with Gasteiger partial charge in [0.25, 0.3) is 5.91 Å². The molecular formula is C10H9F2NO3. The molecule has 0 atom stereocenters. The number of halogens is 2. The fourth-order valence-corrected chi connectivity index (χ4v) is 1.21. The maximum Gasteiger partial charge on any atom is 0.337 e. The number of para-hydroxylation sites is 1. The van der Waals surface area contributed by atoms with E-state index in [0.29, 0.717) is 4.90 Å². The summed E-state index contributed by atoms with van der Waals surface area (Å²) in [6.07, 6.45) is -3.16. The predicted octanol–water partition coefficient (Wildman–Crippen LogP) is 1.61. The van der Waals surface area contributed by atoms with Crippen LogP contribution in [0.2, 0.25) is 0 Å². The summed E-state index contributed by atoms with van der Waals surface area (Å²) in [6, 6.07) is 5.46. The first kappa shape index (κ1) is 12.1. The number of carbonyl (C=O) groups excluding carboxylic acids is 1. The van der Waals surface area contributed by atoms with Crippen LogP contribution in [0, 0.1) is 0 Å². The molecule has 0 fully saturated rings. The van der Waals surface area contributed by atoms with Crippen molar-refractivity contribution in [1.82, 2.24) is 0 Å². The average Bonchev–Trinajstić information content (AvgIpc) is 2.26. The summed E-state index contributed by atoms with van der Waals surface area (Å²) in [7, 11) is 1.11. The molecule has 0 aromatic heterocycles. The molecule has 0 heterocycles. The number of aromatic carboxylic acids is 1. The Morgan fingerprint density at radius 2 is 1.88 bits per heavy atom. The van der Waals surface area contributed by atoms with Gasteiger partial charge in [-0.3, -0.25) is 4.79 Å². The number of amides is 1. The van der Waals surface area contributed by atoms with Gasteiger partial charge in [0.15, 0.2) is 0 Å². The smallest absolute Gasteiger partial charge is 0.337 e. The van der Waals surface area contributed by atoms with Crippen LogP contribution < -0.4 is 4.90 Å². The second-order valence-corrected chi connectivity index (χ2v) is 3.02. The number of carboxylic acids is 1. The van der Waals surface area contributed by atoms with Crippen molar-refractivity contribution in [3.63, 3.8) is 0 Å². The molecule has 0 aliphatic rings. The monoisotopic (exact) mass is 229 g/mol. The first-order valence-corrected chi connectivity index (χ1v) is 4.33. The molecule has 16 heavy (non-hydrogen) atoms. The Kier molecular flexibility index (Phi) is 3.55. The molecule has 0 saturated carbocycles. The number of hydrogen-bond donors (Lipinski definition) is 1. The minimum Gasteiger partial charge on any atom is -0.478 e. The van der Waals surface area contributed by atoms with Crippen molar-refractivity contribution in [1.29, 1.82) is 0 Å². The van der Waals surface area contributed by atoms with Gasteiger partial charge < -0.3 is 10.0 Å². The molecule has 1 aromatic carbocycles. The Morgan fingerprint density at radius 1 is 1.31 bits per heavy atom. The topological polar surface area (TPSA) is 57.6 Å². The molecule has 1 rings (SSSR count). The summed E-state index contributed by atoms with van der Waals surface area (Å²) in [5.41, 5.74) is -0.251. The predicted molar refractivity (Wildman–Crippen MR) is 52.8 cm³/mol. The maximum atomic E-state index is 12.2. The van der Waals surface area contributed by atoms with Crippen molar-refractivity contribution in [3.8, 4) is 0 Å². The van der Waals surface area contributed by atoms with E-state index in [9.17, 15) is 18.4 Å². The number of alkyl halides is 2. The third-order valence-corrected chi connectivity index (χ3v) is 2.01. The van der Waals surface area contributed by atoms with Crippen molar-refractivity contribution in [2.75, 3.05) is 11.9 Å². The van der Waals surface area contributed by atoms with Gasteiger partial charge >= 0.3 is 12.4 Å². The molecule has 0 bridgehead atoms. The molecule has 86 valence electrons. The van der Waals surface area contributed by atoms with E-state index in [1.807, 2.05) is 0 Å². The molecule has 1 N–H and O–H groups in total. The molecule has 0 aliphatic heterocycles. The fraction of sp³-hybridized carbons (Fsp3) is 0.200. The normalized spacial score (nSPS) is 10.2. The van der Waals surface area contributed by atoms with Crippen LogP contribution in [0.1, 0.15) is 10.4 Å². The van der Waals surface area contributed by atoms with Crippen molar-refractivity contribution in [2.24, 2.45) is 0 Å². The van der Waals surface area contributed by atoms with Crippen LogP contribution in [0.15, 0.2) is 24.3 Å². The van der Waals surface area contributed by atoms with Gasteiger partial charge in [0.2, 0.25) is 0 Å². The Labute approximate surface area is 90.1 Å². The quantitative estimate of drug-likeness (QED) is 0.856. The second kappa shape index (κ2) is 4.69. The lowest BCUT2D eigenvalue weighted by Gasteiger charge is -2.18. The van der Waals surface area contributed by atoms with Crippen LogP contribution in [0.3, 0.4) is 0 Å². The van der Waals surface area contributed by atoms with Gasteiger partial charge in [-0.25, -0.2) is 4.79 Å². The van der Waals surface area contributed by atoms with Crippen LogP contribution in [0.5, 0.6) is 0 Å². The van der Waals surface area contributed by atoms with E-state index < -0.39 is 18.3 Å². The zero-order chi connectivity index (χ0) is 12.3. The van der Waals surface area contributed by atoms with Gasteiger partial charge in [0, 0.05) is 7.05 Å². The SMILES string of the molecule is CN(C(=O)C(F)F)c1ccccc1C(=O)O. The molecule has 0 radical (unpaired) electrons. The number of hydrogen-bond acceptors (Lipinski definition) is 2. The highest BCUT2D eigenvalue weighted by Gasteiger charge is 2.24. The van der Waals surface area contributed by atoms with Gasteiger partial charge in [-0.1, -0.05) is 12.1 Å². The third kappa shape index (κ3) is 2.33. The van der Waals surface area contributed by atoms with Crippen molar-refractivity contribution in [3.05, 3.63) is 29.8 Å². The average molecular weight is 229 g/mol. The molecule has 0 saturated heterocycles. The summed E-state index contributed by atoms with van der Waals surface area (Å²) in [5.74, 6) is -2.71. The highest BCUT2D eigenvalue weighted by Crippen LogP contribution is 2.20. The van der Waals surface area contributed by atoms with E-state index in [2.05, 4.69) is 0 Å². The van der Waals surface area contributed by atoms with Gasteiger partial charge in [0.05, 0.1) is 11.3 Å². The molecule has 0 aliphatic carbocycles. The molecule has 0 spiro atoms. The zero-order valence-electron chi connectivity index (χ0n) is 8.35. The van der Waals surface area contributed by atoms with E-state index in [-0.39, 0.29) is 11.3 Å². The number of rotatable bonds is 3. The largest absolute Gasteiger partial charge is 0.478 e. The summed E-state index contributed by atoms with van der Waals surface area (Å²) in [5, 5.41) is 8.81. The van der Waals surface area contributed by atoms with Crippen molar-refractivity contribution in [2.45, 2.75) is 6.43 Å². The fourth-order valence-electron chi connectivity index (χ4n) is 1.21. The summed E-state index contributed by atoms with van der Waals surface area (Å²) in [4.78, 5) is 22.4. The van der Waals surface area contributed by atoms with Crippen molar-refractivity contribution >= 4 is 17.6 Å². The Bertz CT molecular complexity index is 420. The first-order chi connectivity index (χ1) is 7.45. The van der Waals surface area contributed by atoms with Gasteiger partial charge in [-0.2, -0.15) is 8.78 Å². The number of carboxylic acid groups (broad SMARTS) is 1. The van der Waals surface area contributed by atoms with Crippen molar-refractivity contribution < 1.29 is 23.5 Å². The van der Waals surface area contributed by atoms with E-state index >= 15 is 0 Å². The lowest BCUT2D eigenvalue weighted by Crippen LogP contribution is -2.33. The van der Waals surface area contributed by atoms with E-state index in [0.717, 1.165) is 7.05 Å². The maximum absolute atomic E-state index is 12.2. The molecule has 0 unspecified atom stereocenters. The minimum absolute atomic E-state index is 0.0553. The second-order valence-electron chi connectivity index (χ2n) is 3.02. The van der Waals surface area contributed by atoms with Crippen LogP contribution in [-0.4, -0.2) is 30.5 Å². The van der Waals surface area contributed by atoms with Gasteiger partial charge in [0.1, 0.15) is 0 Å². The van der Waals surface area contributed by atoms with Gasteiger partial charge in [-0.05, 0) is 12.1 Å². The number of nitrogens with zero attached hydrogens (tertiary/aromatic N) is 1. The first-order valence-electron chi connectivity index (χ1n) is 4.33. The van der Waals surface area contributed by atoms with Crippen LogP contribution >= 0.6 is 0 Å². The standard InChI is InChI=1S/C10H9F2NO3/c1-13(9(14)8(11)12)7-5-3-2-4-6(7)10(15)16/h2-5,8H,1H3,(H,15,16). The van der Waals surface area contributed by atoms with Crippen LogP contribution in [0.4, 0.5) is 14.5 Å². The zero-order valence-corrected chi connectivity index (χ0v) is 8.35. The highest BCUT2D eigenvalue weighted by molar-refractivity contribution is 6.02. The van der Waals surface area contributed by atoms with Crippen LogP contribution in [-0.2, 0) is 4.79 Å². The summed E-state index contributed by atoms with van der Waals surface area (Å²) in [6.45, 7) is 0. The van der Waals surface area contributed by atoms with E-state index in [1.165, 1.54) is 24.3 Å².